The number of methoxy groups -OCH3 is 1. The number of hydrogen-bond donors (Lipinski definition) is 1. The van der Waals surface area contributed by atoms with Gasteiger partial charge in [0.15, 0.2) is 5.82 Å². The Kier molecular flexibility index (Phi) is 4.39. The van der Waals surface area contributed by atoms with Crippen molar-refractivity contribution in [3.8, 4) is 17.4 Å². The smallest absolute Gasteiger partial charge is 0.313 e. The molecular formula is C12H11ClN4O4. The molecule has 0 radical (unpaired) electrons. The Balaban J connectivity index is 2.46. The maximum Gasteiger partial charge on any atom is 0.313 e. The van der Waals surface area contributed by atoms with Gasteiger partial charge in [-0.15, -0.1) is 0 Å². The largest absolute Gasteiger partial charge is 0.489 e. The fourth-order valence-electron chi connectivity index (χ4n) is 1.62. The minimum atomic E-state index is -0.589. The molecule has 0 spiro atoms. The Bertz CT molecular complexity index is 680. The van der Waals surface area contributed by atoms with Crippen LogP contribution in [0.5, 0.6) is 17.4 Å². The van der Waals surface area contributed by atoms with Gasteiger partial charge in [0.2, 0.25) is 11.5 Å². The van der Waals surface area contributed by atoms with E-state index in [1.807, 2.05) is 0 Å². The molecule has 0 bridgehead atoms. The first-order chi connectivity index (χ1) is 10.1. The topological polar surface area (TPSA) is 99.4 Å². The van der Waals surface area contributed by atoms with Gasteiger partial charge in [-0.1, -0.05) is 11.6 Å². The molecule has 0 unspecified atom stereocenters. The summed E-state index contributed by atoms with van der Waals surface area (Å²) in [6, 6.07) is 4.07. The van der Waals surface area contributed by atoms with Gasteiger partial charge in [0.1, 0.15) is 6.33 Å². The number of rotatable bonds is 5. The third-order valence-electron chi connectivity index (χ3n) is 2.54. The maximum absolute atomic E-state index is 11.0. The van der Waals surface area contributed by atoms with Crippen molar-refractivity contribution < 1.29 is 14.4 Å². The van der Waals surface area contributed by atoms with Crippen LogP contribution in [-0.4, -0.2) is 29.0 Å². The van der Waals surface area contributed by atoms with Crippen molar-refractivity contribution in [1.82, 2.24) is 9.97 Å². The second-order valence-electron chi connectivity index (χ2n) is 3.78. The highest BCUT2D eigenvalue weighted by molar-refractivity contribution is 6.30. The zero-order valence-electron chi connectivity index (χ0n) is 11.2. The van der Waals surface area contributed by atoms with Crippen LogP contribution in [0.25, 0.3) is 0 Å². The van der Waals surface area contributed by atoms with E-state index in [0.29, 0.717) is 5.82 Å². The van der Waals surface area contributed by atoms with Gasteiger partial charge in [0.25, 0.3) is 5.88 Å². The standard InChI is InChI=1S/C12H11ClN4O4/c1-14-11-10(20-2)12(16-6-15-11)21-9-4-3-7(13)5-8(9)17(18)19/h3-6H,1-2H3,(H,14,15,16). The molecule has 2 rings (SSSR count). The number of nitrogens with one attached hydrogen (secondary N) is 1. The molecule has 0 atom stereocenters. The number of halogens is 1. The Morgan fingerprint density at radius 1 is 1.38 bits per heavy atom. The van der Waals surface area contributed by atoms with Gasteiger partial charge in [-0.25, -0.2) is 4.98 Å². The van der Waals surface area contributed by atoms with Crippen LogP contribution in [0.15, 0.2) is 24.5 Å². The first-order valence-corrected chi connectivity index (χ1v) is 6.13. The summed E-state index contributed by atoms with van der Waals surface area (Å²) < 4.78 is 10.6. The van der Waals surface area contributed by atoms with Gasteiger partial charge in [-0.05, 0) is 12.1 Å². The SMILES string of the molecule is CNc1ncnc(Oc2ccc(Cl)cc2[N+](=O)[O-])c1OC. The molecule has 110 valence electrons. The summed E-state index contributed by atoms with van der Waals surface area (Å²) in [5, 5.41) is 14.1. The fraction of sp³-hybridized carbons (Fsp3) is 0.167. The van der Waals surface area contributed by atoms with Crippen molar-refractivity contribution in [2.75, 3.05) is 19.5 Å². The number of anilines is 1. The van der Waals surface area contributed by atoms with Crippen molar-refractivity contribution in [3.05, 3.63) is 39.7 Å². The molecule has 21 heavy (non-hydrogen) atoms. The molecule has 0 fully saturated rings. The summed E-state index contributed by atoms with van der Waals surface area (Å²) in [6.45, 7) is 0. The van der Waals surface area contributed by atoms with E-state index in [0.717, 1.165) is 0 Å². The summed E-state index contributed by atoms with van der Waals surface area (Å²) in [5.41, 5.74) is -0.269. The quantitative estimate of drug-likeness (QED) is 0.669. The van der Waals surface area contributed by atoms with Crippen molar-refractivity contribution in [2.24, 2.45) is 0 Å². The van der Waals surface area contributed by atoms with E-state index in [1.54, 1.807) is 7.05 Å². The lowest BCUT2D eigenvalue weighted by molar-refractivity contribution is -0.385. The molecule has 0 aliphatic carbocycles. The average Bonchev–Trinajstić information content (AvgIpc) is 2.48. The van der Waals surface area contributed by atoms with Crippen LogP contribution in [0.2, 0.25) is 5.02 Å². The lowest BCUT2D eigenvalue weighted by Gasteiger charge is -2.11. The van der Waals surface area contributed by atoms with Crippen LogP contribution in [0.1, 0.15) is 0 Å². The van der Waals surface area contributed by atoms with Gasteiger partial charge in [0, 0.05) is 18.1 Å². The number of aromatic nitrogens is 2. The molecule has 0 saturated heterocycles. The van der Waals surface area contributed by atoms with Gasteiger partial charge < -0.3 is 14.8 Å². The summed E-state index contributed by atoms with van der Waals surface area (Å²) in [4.78, 5) is 18.3. The van der Waals surface area contributed by atoms with Crippen molar-refractivity contribution in [2.45, 2.75) is 0 Å². The Labute approximate surface area is 124 Å². The van der Waals surface area contributed by atoms with Gasteiger partial charge in [0.05, 0.1) is 12.0 Å². The van der Waals surface area contributed by atoms with Crippen molar-refractivity contribution in [3.63, 3.8) is 0 Å². The fourth-order valence-corrected chi connectivity index (χ4v) is 1.78. The molecule has 0 amide bonds. The van der Waals surface area contributed by atoms with Crippen molar-refractivity contribution >= 4 is 23.1 Å². The van der Waals surface area contributed by atoms with Crippen LogP contribution >= 0.6 is 11.6 Å². The summed E-state index contributed by atoms with van der Waals surface area (Å²) >= 11 is 5.75. The highest BCUT2D eigenvalue weighted by Crippen LogP contribution is 2.38. The van der Waals surface area contributed by atoms with Crippen LogP contribution < -0.4 is 14.8 Å². The lowest BCUT2D eigenvalue weighted by Crippen LogP contribution is -2.01. The lowest BCUT2D eigenvalue weighted by atomic mass is 10.3. The number of ether oxygens (including phenoxy) is 2. The van der Waals surface area contributed by atoms with Crippen LogP contribution in [-0.2, 0) is 0 Å². The minimum absolute atomic E-state index is 0.00320. The highest BCUT2D eigenvalue weighted by Gasteiger charge is 2.20. The Morgan fingerprint density at radius 2 is 2.14 bits per heavy atom. The predicted octanol–water partition coefficient (Wildman–Crippen LogP) is 2.88. The van der Waals surface area contributed by atoms with E-state index in [9.17, 15) is 10.1 Å². The van der Waals surface area contributed by atoms with E-state index in [-0.39, 0.29) is 28.1 Å². The van der Waals surface area contributed by atoms with Gasteiger partial charge >= 0.3 is 5.69 Å². The highest BCUT2D eigenvalue weighted by atomic mass is 35.5. The second-order valence-corrected chi connectivity index (χ2v) is 4.22. The molecular weight excluding hydrogens is 300 g/mol. The van der Waals surface area contributed by atoms with Crippen LogP contribution in [0, 0.1) is 10.1 Å². The molecule has 2 aromatic rings. The van der Waals surface area contributed by atoms with Crippen molar-refractivity contribution in [1.29, 1.82) is 0 Å². The number of nitrogens with zero attached hydrogens (tertiary/aromatic N) is 3. The molecule has 8 nitrogen and oxygen atoms in total. The molecule has 0 saturated carbocycles. The van der Waals surface area contributed by atoms with E-state index >= 15 is 0 Å². The zero-order valence-corrected chi connectivity index (χ0v) is 11.9. The van der Waals surface area contributed by atoms with E-state index in [4.69, 9.17) is 21.1 Å². The summed E-state index contributed by atoms with van der Waals surface area (Å²) in [7, 11) is 3.07. The monoisotopic (exact) mass is 310 g/mol. The van der Waals surface area contributed by atoms with E-state index in [2.05, 4.69) is 15.3 Å². The Morgan fingerprint density at radius 3 is 2.76 bits per heavy atom. The van der Waals surface area contributed by atoms with E-state index < -0.39 is 4.92 Å². The van der Waals surface area contributed by atoms with Gasteiger partial charge in [-0.2, -0.15) is 4.98 Å². The average molecular weight is 311 g/mol. The predicted molar refractivity (Wildman–Crippen MR) is 76.3 cm³/mol. The number of nitro groups is 1. The summed E-state index contributed by atoms with van der Waals surface area (Å²) in [6.07, 6.45) is 1.26. The third-order valence-corrected chi connectivity index (χ3v) is 2.77. The molecule has 1 N–H and O–H groups in total. The minimum Gasteiger partial charge on any atom is -0.489 e. The summed E-state index contributed by atoms with van der Waals surface area (Å²) in [5.74, 6) is 0.703. The van der Waals surface area contributed by atoms with Crippen LogP contribution in [0.3, 0.4) is 0 Å². The zero-order chi connectivity index (χ0) is 15.4. The number of nitro benzene ring substituents is 1. The van der Waals surface area contributed by atoms with E-state index in [1.165, 1.54) is 31.6 Å². The normalized spacial score (nSPS) is 10.0. The molecule has 1 heterocycles. The molecule has 0 aliphatic heterocycles. The maximum atomic E-state index is 11.0. The van der Waals surface area contributed by atoms with Gasteiger partial charge in [-0.3, -0.25) is 10.1 Å². The molecule has 1 aromatic carbocycles. The molecule has 1 aromatic heterocycles. The second kappa shape index (κ2) is 6.23. The van der Waals surface area contributed by atoms with Crippen LogP contribution in [0.4, 0.5) is 11.5 Å². The third kappa shape index (κ3) is 3.11. The molecule has 0 aliphatic rings. The number of benzene rings is 1. The Hall–Kier alpha value is -2.61. The number of hydrogen-bond acceptors (Lipinski definition) is 7. The molecule has 9 heteroatoms. The first-order valence-electron chi connectivity index (χ1n) is 5.75. The first kappa shape index (κ1) is 14.8.